The summed E-state index contributed by atoms with van der Waals surface area (Å²) < 4.78 is 26.9. The molecule has 2 fully saturated rings. The number of aryl methyl sites for hydroxylation is 1. The van der Waals surface area contributed by atoms with E-state index in [1.165, 1.54) is 19.1 Å². The molecule has 2 aliphatic heterocycles. The molecule has 5 rings (SSSR count). The molecule has 34 heavy (non-hydrogen) atoms. The second kappa shape index (κ2) is 9.54. The Labute approximate surface area is 205 Å². The van der Waals surface area contributed by atoms with Gasteiger partial charge in [-0.15, -0.1) is 11.8 Å². The van der Waals surface area contributed by atoms with Gasteiger partial charge in [-0.05, 0) is 37.5 Å². The Morgan fingerprint density at radius 1 is 1.24 bits per heavy atom. The number of hydrogen-bond donors (Lipinski definition) is 2. The van der Waals surface area contributed by atoms with E-state index in [9.17, 15) is 13.2 Å². The average Bonchev–Trinajstić information content (AvgIpc) is 3.52. The summed E-state index contributed by atoms with van der Waals surface area (Å²) in [5, 5.41) is 8.44. The smallest absolute Gasteiger partial charge is 0.234 e. The molecule has 2 N–H and O–H groups in total. The van der Waals surface area contributed by atoms with Gasteiger partial charge in [0.15, 0.2) is 9.84 Å². The average molecular weight is 504 g/mol. The van der Waals surface area contributed by atoms with E-state index in [1.807, 2.05) is 7.05 Å². The van der Waals surface area contributed by atoms with E-state index in [0.717, 1.165) is 72.0 Å². The first-order valence-corrected chi connectivity index (χ1v) is 15.0. The second-order valence-corrected chi connectivity index (χ2v) is 12.7. The van der Waals surface area contributed by atoms with Crippen molar-refractivity contribution in [1.29, 1.82) is 0 Å². The molecule has 10 heteroatoms. The van der Waals surface area contributed by atoms with Crippen molar-refractivity contribution in [2.24, 2.45) is 12.0 Å². The van der Waals surface area contributed by atoms with Gasteiger partial charge in [0.05, 0.1) is 34.4 Å². The monoisotopic (exact) mass is 503 g/mol. The standard InChI is InChI=1S/C24H33N5O3S2/c1-28-21(24-27-18(15-33-24)7-9-29-10-8-25-22(30)14-29)12-16-11-19(34(2,31)32)13-20(23(16)28)26-17-5-3-4-6-17/h11-13,17-18,26H,3-10,14-15H2,1-2H3,(H,25,30)/t18-/m0/s1. The fourth-order valence-corrected chi connectivity index (χ4v) is 7.05. The SMILES string of the molecule is Cn1c(C2=N[C@@H](CCN3CCNC(=O)C3)CS2)cc2cc(S(C)(=O)=O)cc(NC3CCCC3)c21. The highest BCUT2D eigenvalue weighted by atomic mass is 32.2. The summed E-state index contributed by atoms with van der Waals surface area (Å²) in [6, 6.07) is 6.27. The highest BCUT2D eigenvalue weighted by Gasteiger charge is 2.26. The molecule has 1 amide bonds. The van der Waals surface area contributed by atoms with Crippen molar-refractivity contribution in [2.45, 2.75) is 49.1 Å². The zero-order chi connectivity index (χ0) is 23.9. The van der Waals surface area contributed by atoms with Crippen LogP contribution in [0.15, 0.2) is 28.1 Å². The molecule has 8 nitrogen and oxygen atoms in total. The van der Waals surface area contributed by atoms with Crippen LogP contribution < -0.4 is 10.6 Å². The lowest BCUT2D eigenvalue weighted by Gasteiger charge is -2.26. The maximum absolute atomic E-state index is 12.4. The van der Waals surface area contributed by atoms with Gasteiger partial charge in [0, 0.05) is 50.1 Å². The number of thioether (sulfide) groups is 1. The number of carbonyl (C=O) groups excluding carboxylic acids is 1. The zero-order valence-corrected chi connectivity index (χ0v) is 21.5. The Kier molecular flexibility index (Phi) is 6.65. The van der Waals surface area contributed by atoms with E-state index in [1.54, 1.807) is 23.9 Å². The number of nitrogens with zero attached hydrogens (tertiary/aromatic N) is 3. The molecule has 1 saturated carbocycles. The molecule has 0 radical (unpaired) electrons. The summed E-state index contributed by atoms with van der Waals surface area (Å²) in [5.74, 6) is 1.03. The minimum Gasteiger partial charge on any atom is -0.381 e. The Morgan fingerprint density at radius 2 is 2.03 bits per heavy atom. The number of fused-ring (bicyclic) bond motifs is 1. The van der Waals surface area contributed by atoms with Gasteiger partial charge in [-0.25, -0.2) is 8.42 Å². The van der Waals surface area contributed by atoms with Gasteiger partial charge in [-0.3, -0.25) is 14.7 Å². The number of sulfone groups is 1. The Morgan fingerprint density at radius 3 is 2.76 bits per heavy atom. The topological polar surface area (TPSA) is 95.8 Å². The minimum atomic E-state index is -3.32. The number of piperazine rings is 1. The van der Waals surface area contributed by atoms with Crippen LogP contribution in [0, 0.1) is 0 Å². The molecule has 1 aromatic heterocycles. The Balaban J connectivity index is 1.41. The third-order valence-electron chi connectivity index (χ3n) is 7.07. The van der Waals surface area contributed by atoms with E-state index >= 15 is 0 Å². The Hall–Kier alpha value is -2.04. The minimum absolute atomic E-state index is 0.0993. The van der Waals surface area contributed by atoms with Gasteiger partial charge in [-0.2, -0.15) is 0 Å². The molecular weight excluding hydrogens is 470 g/mol. The molecule has 0 bridgehead atoms. The van der Waals surface area contributed by atoms with E-state index in [4.69, 9.17) is 4.99 Å². The number of aromatic nitrogens is 1. The first-order valence-electron chi connectivity index (χ1n) is 12.1. The number of nitrogens with one attached hydrogen (secondary N) is 2. The summed E-state index contributed by atoms with van der Waals surface area (Å²) >= 11 is 1.76. The van der Waals surface area contributed by atoms with Crippen molar-refractivity contribution in [2.75, 3.05) is 43.5 Å². The van der Waals surface area contributed by atoms with Gasteiger partial charge in [0.25, 0.3) is 0 Å². The number of carbonyl (C=O) groups is 1. The quantitative estimate of drug-likeness (QED) is 0.603. The lowest BCUT2D eigenvalue weighted by molar-refractivity contribution is -0.124. The summed E-state index contributed by atoms with van der Waals surface area (Å²) in [4.78, 5) is 19.2. The first kappa shape index (κ1) is 23.7. The molecule has 184 valence electrons. The predicted octanol–water partition coefficient (Wildman–Crippen LogP) is 2.62. The largest absolute Gasteiger partial charge is 0.381 e. The van der Waals surface area contributed by atoms with Crippen LogP contribution in [-0.4, -0.2) is 79.1 Å². The number of benzene rings is 1. The van der Waals surface area contributed by atoms with Crippen molar-refractivity contribution in [1.82, 2.24) is 14.8 Å². The highest BCUT2D eigenvalue weighted by molar-refractivity contribution is 8.14. The fraction of sp³-hybridized carbons (Fsp3) is 0.583. The number of amides is 1. The van der Waals surface area contributed by atoms with Gasteiger partial charge in [-0.1, -0.05) is 12.8 Å². The van der Waals surface area contributed by atoms with Crippen LogP contribution in [0.1, 0.15) is 37.8 Å². The first-order chi connectivity index (χ1) is 16.3. The van der Waals surface area contributed by atoms with E-state index in [0.29, 0.717) is 17.5 Å². The summed E-state index contributed by atoms with van der Waals surface area (Å²) in [7, 11) is -1.28. The predicted molar refractivity (Wildman–Crippen MR) is 139 cm³/mol. The van der Waals surface area contributed by atoms with Crippen LogP contribution in [0.2, 0.25) is 0 Å². The van der Waals surface area contributed by atoms with Crippen molar-refractivity contribution in [3.05, 3.63) is 23.9 Å². The lowest BCUT2D eigenvalue weighted by Crippen LogP contribution is -2.48. The Bertz CT molecular complexity index is 1230. The molecule has 0 spiro atoms. The maximum atomic E-state index is 12.4. The van der Waals surface area contributed by atoms with Crippen LogP contribution in [0.4, 0.5) is 5.69 Å². The number of rotatable bonds is 7. The van der Waals surface area contributed by atoms with Crippen LogP contribution in [0.5, 0.6) is 0 Å². The molecule has 1 aliphatic carbocycles. The lowest BCUT2D eigenvalue weighted by atomic mass is 10.2. The van der Waals surface area contributed by atoms with E-state index in [-0.39, 0.29) is 11.9 Å². The molecule has 1 saturated heterocycles. The number of anilines is 1. The third kappa shape index (κ3) is 4.99. The molecule has 2 aromatic rings. The summed E-state index contributed by atoms with van der Waals surface area (Å²) in [6.45, 7) is 2.96. The van der Waals surface area contributed by atoms with Gasteiger partial charge >= 0.3 is 0 Å². The van der Waals surface area contributed by atoms with E-state index in [2.05, 4.69) is 26.2 Å². The van der Waals surface area contributed by atoms with Crippen molar-refractivity contribution in [3.63, 3.8) is 0 Å². The van der Waals surface area contributed by atoms with Gasteiger partial charge in [0.1, 0.15) is 5.04 Å². The summed E-state index contributed by atoms with van der Waals surface area (Å²) in [5.41, 5.74) is 2.95. The van der Waals surface area contributed by atoms with Crippen molar-refractivity contribution in [3.8, 4) is 0 Å². The molecule has 3 heterocycles. The van der Waals surface area contributed by atoms with E-state index < -0.39 is 9.84 Å². The van der Waals surface area contributed by atoms with Crippen molar-refractivity contribution < 1.29 is 13.2 Å². The molecule has 3 aliphatic rings. The highest BCUT2D eigenvalue weighted by Crippen LogP contribution is 2.35. The van der Waals surface area contributed by atoms with Crippen LogP contribution in [0.25, 0.3) is 10.9 Å². The number of aliphatic imine (C=N–C) groups is 1. The number of hydrogen-bond acceptors (Lipinski definition) is 7. The molecular formula is C24H33N5O3S2. The molecule has 0 unspecified atom stereocenters. The van der Waals surface area contributed by atoms with Crippen LogP contribution >= 0.6 is 11.8 Å². The zero-order valence-electron chi connectivity index (χ0n) is 19.8. The third-order valence-corrected chi connectivity index (χ3v) is 9.30. The van der Waals surface area contributed by atoms with Crippen molar-refractivity contribution >= 4 is 49.1 Å². The maximum Gasteiger partial charge on any atom is 0.234 e. The van der Waals surface area contributed by atoms with Gasteiger partial charge in [0.2, 0.25) is 5.91 Å². The van der Waals surface area contributed by atoms with Gasteiger partial charge < -0.3 is 15.2 Å². The van der Waals surface area contributed by atoms with Crippen LogP contribution in [-0.2, 0) is 21.7 Å². The summed E-state index contributed by atoms with van der Waals surface area (Å²) in [6.07, 6.45) is 6.85. The van der Waals surface area contributed by atoms with Crippen LogP contribution in [0.3, 0.4) is 0 Å². The normalized spacial score (nSPS) is 22.4. The fourth-order valence-electron chi connectivity index (χ4n) is 5.22. The molecule has 1 atom stereocenters. The second-order valence-electron chi connectivity index (χ2n) is 9.71. The molecule has 1 aromatic carbocycles.